The van der Waals surface area contributed by atoms with Crippen LogP contribution in [0.1, 0.15) is 22.6 Å². The first-order chi connectivity index (χ1) is 20.0. The molecule has 0 spiro atoms. The van der Waals surface area contributed by atoms with E-state index in [0.29, 0.717) is 11.8 Å². The Bertz CT molecular complexity index is 1440. The van der Waals surface area contributed by atoms with Gasteiger partial charge in [-0.1, -0.05) is 24.3 Å². The molecule has 0 radical (unpaired) electrons. The molecule has 2 aromatic carbocycles. The molecule has 3 heterocycles. The molecule has 11 heteroatoms. The van der Waals surface area contributed by atoms with Crippen LogP contribution < -0.4 is 21.5 Å². The standard InChI is InChI=1S/C30H34N8O3/c1-21-18-28(31-12-3-13-38-14-16-41-17-15-38)35-30(33-21)37-36-29(40)27-11-10-25(20-32-27)34-24-8-6-22(7-9-24)23-4-2-5-26(39)19-23/h2,4-11,18-20,34,39H,3,12-17H2,1H3,(H,36,40)(H2,31,33,35,37). The number of nitrogens with zero attached hydrogens (tertiary/aromatic N) is 4. The molecule has 5 rings (SSSR count). The van der Waals surface area contributed by atoms with Crippen LogP contribution in [-0.2, 0) is 4.74 Å². The minimum atomic E-state index is -0.405. The number of pyridine rings is 1. The van der Waals surface area contributed by atoms with E-state index in [1.165, 1.54) is 0 Å². The average molecular weight is 555 g/mol. The maximum atomic E-state index is 12.7. The third-order valence-electron chi connectivity index (χ3n) is 6.55. The number of nitrogens with one attached hydrogen (secondary N) is 4. The second-order valence-corrected chi connectivity index (χ2v) is 9.72. The number of morpholine rings is 1. The van der Waals surface area contributed by atoms with Gasteiger partial charge in [-0.2, -0.15) is 4.98 Å². The van der Waals surface area contributed by atoms with Gasteiger partial charge >= 0.3 is 0 Å². The maximum Gasteiger partial charge on any atom is 0.288 e. The number of rotatable bonds is 11. The molecule has 0 unspecified atom stereocenters. The summed E-state index contributed by atoms with van der Waals surface area (Å²) in [5.74, 6) is 0.812. The lowest BCUT2D eigenvalue weighted by molar-refractivity contribution is 0.0378. The molecule has 1 fully saturated rings. The van der Waals surface area contributed by atoms with Crippen LogP contribution in [0.5, 0.6) is 5.75 Å². The highest BCUT2D eigenvalue weighted by Crippen LogP contribution is 2.25. The molecule has 1 amide bonds. The van der Waals surface area contributed by atoms with Gasteiger partial charge in [-0.05, 0) is 67.4 Å². The summed E-state index contributed by atoms with van der Waals surface area (Å²) in [7, 11) is 0. The summed E-state index contributed by atoms with van der Waals surface area (Å²) in [6.07, 6.45) is 2.59. The fourth-order valence-electron chi connectivity index (χ4n) is 4.44. The van der Waals surface area contributed by atoms with Gasteiger partial charge in [0, 0.05) is 37.1 Å². The number of amides is 1. The topological polar surface area (TPSA) is 137 Å². The van der Waals surface area contributed by atoms with Crippen molar-refractivity contribution in [1.29, 1.82) is 0 Å². The highest BCUT2D eigenvalue weighted by Gasteiger charge is 2.11. The van der Waals surface area contributed by atoms with Crippen molar-refractivity contribution in [3.05, 3.63) is 84.3 Å². The van der Waals surface area contributed by atoms with E-state index in [-0.39, 0.29) is 11.4 Å². The molecule has 5 N–H and O–H groups in total. The summed E-state index contributed by atoms with van der Waals surface area (Å²) in [4.78, 5) is 28.1. The van der Waals surface area contributed by atoms with Crippen LogP contribution in [0.15, 0.2) is 72.9 Å². The number of hydrogen-bond acceptors (Lipinski definition) is 10. The normalized spacial score (nSPS) is 13.4. The SMILES string of the molecule is Cc1cc(NCCCN2CCOCC2)nc(NNC(=O)c2ccc(Nc3ccc(-c4cccc(O)c4)cc3)cn2)n1. The number of hydrazine groups is 1. The van der Waals surface area contributed by atoms with Crippen LogP contribution in [0.25, 0.3) is 11.1 Å². The molecule has 2 aromatic heterocycles. The summed E-state index contributed by atoms with van der Waals surface area (Å²) in [5, 5.41) is 16.3. The van der Waals surface area contributed by atoms with Crippen LogP contribution in [0.2, 0.25) is 0 Å². The minimum Gasteiger partial charge on any atom is -0.508 e. The number of aryl methyl sites for hydroxylation is 1. The van der Waals surface area contributed by atoms with E-state index in [1.54, 1.807) is 30.5 Å². The van der Waals surface area contributed by atoms with E-state index in [1.807, 2.05) is 49.4 Å². The van der Waals surface area contributed by atoms with Gasteiger partial charge in [-0.15, -0.1) is 0 Å². The Morgan fingerprint density at radius 2 is 1.78 bits per heavy atom. The third kappa shape index (κ3) is 8.13. The Morgan fingerprint density at radius 1 is 0.976 bits per heavy atom. The fraction of sp³-hybridized carbons (Fsp3) is 0.267. The molecule has 11 nitrogen and oxygen atoms in total. The summed E-state index contributed by atoms with van der Waals surface area (Å²) in [6.45, 7) is 7.22. The fourth-order valence-corrected chi connectivity index (χ4v) is 4.44. The molecule has 212 valence electrons. The molecule has 0 atom stereocenters. The number of benzene rings is 2. The summed E-state index contributed by atoms with van der Waals surface area (Å²) in [5.41, 5.74) is 9.97. The van der Waals surface area contributed by atoms with Crippen LogP contribution >= 0.6 is 0 Å². The van der Waals surface area contributed by atoms with Crippen LogP contribution in [-0.4, -0.2) is 70.3 Å². The number of hydrogen-bond donors (Lipinski definition) is 5. The minimum absolute atomic E-state index is 0.231. The largest absolute Gasteiger partial charge is 0.508 e. The zero-order valence-electron chi connectivity index (χ0n) is 22.9. The number of aromatic nitrogens is 3. The number of phenols is 1. The van der Waals surface area contributed by atoms with Crippen molar-refractivity contribution >= 4 is 29.0 Å². The van der Waals surface area contributed by atoms with Crippen LogP contribution in [0, 0.1) is 6.92 Å². The Hall–Kier alpha value is -4.74. The second kappa shape index (κ2) is 13.6. The summed E-state index contributed by atoms with van der Waals surface area (Å²) >= 11 is 0. The smallest absolute Gasteiger partial charge is 0.288 e. The predicted octanol–water partition coefficient (Wildman–Crippen LogP) is 4.19. The summed E-state index contributed by atoms with van der Waals surface area (Å²) < 4.78 is 5.39. The molecular weight excluding hydrogens is 520 g/mol. The van der Waals surface area contributed by atoms with Gasteiger partial charge in [0.05, 0.1) is 25.1 Å². The molecule has 1 aliphatic rings. The van der Waals surface area contributed by atoms with Crippen molar-refractivity contribution in [2.45, 2.75) is 13.3 Å². The predicted molar refractivity (Wildman–Crippen MR) is 159 cm³/mol. The lowest BCUT2D eigenvalue weighted by atomic mass is 10.1. The second-order valence-electron chi connectivity index (χ2n) is 9.72. The van der Waals surface area contributed by atoms with Crippen LogP contribution in [0.4, 0.5) is 23.1 Å². The Kier molecular flexibility index (Phi) is 9.19. The lowest BCUT2D eigenvalue weighted by Crippen LogP contribution is -2.37. The first-order valence-electron chi connectivity index (χ1n) is 13.6. The van der Waals surface area contributed by atoms with Crippen molar-refractivity contribution < 1.29 is 14.6 Å². The van der Waals surface area contributed by atoms with Crippen molar-refractivity contribution in [3.8, 4) is 16.9 Å². The quantitative estimate of drug-likeness (QED) is 0.136. The number of carbonyl (C=O) groups excluding carboxylic acids is 1. The molecule has 0 aliphatic carbocycles. The molecule has 1 saturated heterocycles. The van der Waals surface area contributed by atoms with E-state index in [9.17, 15) is 9.90 Å². The van der Waals surface area contributed by atoms with Crippen molar-refractivity contribution in [2.75, 3.05) is 55.5 Å². The summed E-state index contributed by atoms with van der Waals surface area (Å²) in [6, 6.07) is 20.2. The molecule has 1 aliphatic heterocycles. The average Bonchev–Trinajstić information content (AvgIpc) is 2.99. The number of ether oxygens (including phenoxy) is 1. The van der Waals surface area contributed by atoms with Gasteiger partial charge in [-0.3, -0.25) is 20.5 Å². The van der Waals surface area contributed by atoms with Gasteiger partial charge in [0.1, 0.15) is 17.3 Å². The lowest BCUT2D eigenvalue weighted by Gasteiger charge is -2.26. The first kappa shape index (κ1) is 27.8. The monoisotopic (exact) mass is 554 g/mol. The van der Waals surface area contributed by atoms with Crippen molar-refractivity contribution in [3.63, 3.8) is 0 Å². The zero-order chi connectivity index (χ0) is 28.4. The number of aromatic hydroxyl groups is 1. The maximum absolute atomic E-state index is 12.7. The van der Waals surface area contributed by atoms with E-state index >= 15 is 0 Å². The third-order valence-corrected chi connectivity index (χ3v) is 6.55. The van der Waals surface area contributed by atoms with E-state index < -0.39 is 5.91 Å². The van der Waals surface area contributed by atoms with Crippen LogP contribution in [0.3, 0.4) is 0 Å². The molecule has 4 aromatic rings. The van der Waals surface area contributed by atoms with E-state index in [4.69, 9.17) is 4.74 Å². The van der Waals surface area contributed by atoms with Gasteiger partial charge in [0.2, 0.25) is 5.95 Å². The van der Waals surface area contributed by atoms with E-state index in [0.717, 1.165) is 74.0 Å². The van der Waals surface area contributed by atoms with E-state index in [2.05, 4.69) is 41.3 Å². The highest BCUT2D eigenvalue weighted by atomic mass is 16.5. The Morgan fingerprint density at radius 3 is 2.54 bits per heavy atom. The first-order valence-corrected chi connectivity index (χ1v) is 13.6. The number of anilines is 4. The Labute approximate surface area is 239 Å². The molecular formula is C30H34N8O3. The van der Waals surface area contributed by atoms with Gasteiger partial charge < -0.3 is 20.5 Å². The van der Waals surface area contributed by atoms with Gasteiger partial charge in [0.25, 0.3) is 5.91 Å². The van der Waals surface area contributed by atoms with Gasteiger partial charge in [-0.25, -0.2) is 9.97 Å². The Balaban J connectivity index is 1.09. The van der Waals surface area contributed by atoms with Crippen molar-refractivity contribution in [2.24, 2.45) is 0 Å². The highest BCUT2D eigenvalue weighted by molar-refractivity contribution is 5.93. The van der Waals surface area contributed by atoms with Gasteiger partial charge in [0.15, 0.2) is 0 Å². The number of carbonyl (C=O) groups is 1. The molecule has 41 heavy (non-hydrogen) atoms. The molecule has 0 bridgehead atoms. The zero-order valence-corrected chi connectivity index (χ0v) is 22.9. The number of phenolic OH excluding ortho intramolecular Hbond substituents is 1. The molecule has 0 saturated carbocycles. The van der Waals surface area contributed by atoms with Crippen molar-refractivity contribution in [1.82, 2.24) is 25.3 Å².